The summed E-state index contributed by atoms with van der Waals surface area (Å²) in [6, 6.07) is 30.1. The second kappa shape index (κ2) is 20.8. The second-order valence-electron chi connectivity index (χ2n) is 17.3. The highest BCUT2D eigenvalue weighted by atomic mass is 32.1. The lowest BCUT2D eigenvalue weighted by atomic mass is 9.99. The van der Waals surface area contributed by atoms with Crippen molar-refractivity contribution in [3.8, 4) is 10.4 Å². The van der Waals surface area contributed by atoms with Gasteiger partial charge in [0.15, 0.2) is 0 Å². The van der Waals surface area contributed by atoms with Crippen LogP contribution in [0.25, 0.3) is 32.2 Å². The Morgan fingerprint density at radius 3 is 1.91 bits per heavy atom. The molecule has 0 radical (unpaired) electrons. The predicted molar refractivity (Wildman–Crippen MR) is 257 cm³/mol. The van der Waals surface area contributed by atoms with E-state index in [-0.39, 0.29) is 42.8 Å². The first kappa shape index (κ1) is 45.5. The first-order chi connectivity index (χ1) is 32.0. The molecule has 0 spiro atoms. The van der Waals surface area contributed by atoms with Gasteiger partial charge in [0.25, 0.3) is 5.91 Å². The number of aromatic nitrogens is 3. The molecule has 1 aliphatic heterocycles. The number of hydrogen-bond acceptors (Lipinski definition) is 8. The molecule has 5 amide bonds. The normalized spacial score (nSPS) is 15.5. The molecular weight excluding hydrogens is 851 g/mol. The monoisotopic (exact) mass is 905 g/mol. The van der Waals surface area contributed by atoms with Crippen molar-refractivity contribution in [3.05, 3.63) is 149 Å². The smallest absolute Gasteiger partial charge is 0.272 e. The zero-order chi connectivity index (χ0) is 46.2. The Labute approximate surface area is 386 Å². The molecule has 9 N–H and O–H groups in total. The van der Waals surface area contributed by atoms with Crippen molar-refractivity contribution in [1.29, 1.82) is 0 Å². The number of benzene rings is 4. The number of H-pyrrole nitrogens is 2. The number of hydrogen-bond donors (Lipinski definition) is 8. The lowest BCUT2D eigenvalue weighted by molar-refractivity contribution is -0.132. The van der Waals surface area contributed by atoms with Crippen molar-refractivity contribution >= 4 is 62.7 Å². The highest BCUT2D eigenvalue weighted by Gasteiger charge is 2.34. The largest absolute Gasteiger partial charge is 0.368 e. The van der Waals surface area contributed by atoms with Crippen molar-refractivity contribution in [2.24, 2.45) is 11.7 Å². The van der Waals surface area contributed by atoms with Crippen LogP contribution >= 0.6 is 11.3 Å². The van der Waals surface area contributed by atoms with Gasteiger partial charge in [-0.15, -0.1) is 11.3 Å². The van der Waals surface area contributed by atoms with Crippen LogP contribution in [0.15, 0.2) is 122 Å². The molecule has 66 heavy (non-hydrogen) atoms. The number of rotatable bonds is 19. The summed E-state index contributed by atoms with van der Waals surface area (Å²) in [5.41, 5.74) is 11.0. The third kappa shape index (κ3) is 10.9. The van der Waals surface area contributed by atoms with E-state index in [0.29, 0.717) is 22.7 Å². The Hall–Kier alpha value is -7.10. The second-order valence-corrected chi connectivity index (χ2v) is 18.3. The lowest BCUT2D eigenvalue weighted by Crippen LogP contribution is -2.57. The molecular formula is C51H55N9O5S. The van der Waals surface area contributed by atoms with Crippen LogP contribution in [-0.4, -0.2) is 75.2 Å². The highest BCUT2D eigenvalue weighted by molar-refractivity contribution is 7.15. The zero-order valence-corrected chi connectivity index (χ0v) is 37.8. The van der Waals surface area contributed by atoms with Crippen molar-refractivity contribution in [2.45, 2.75) is 82.6 Å². The van der Waals surface area contributed by atoms with Gasteiger partial charge in [0.1, 0.15) is 28.8 Å². The van der Waals surface area contributed by atoms with Crippen molar-refractivity contribution < 1.29 is 24.0 Å². The molecule has 8 rings (SSSR count). The maximum absolute atomic E-state index is 14.9. The number of amides is 5. The van der Waals surface area contributed by atoms with Gasteiger partial charge in [-0.1, -0.05) is 111 Å². The quantitative estimate of drug-likeness (QED) is 0.0483. The molecule has 5 unspecified atom stereocenters. The number of nitrogens with two attached hydrogens (primary N) is 1. The Morgan fingerprint density at radius 1 is 0.697 bits per heavy atom. The summed E-state index contributed by atoms with van der Waals surface area (Å²) in [5.74, 6) is -2.65. The van der Waals surface area contributed by atoms with Crippen LogP contribution in [0.1, 0.15) is 71.3 Å². The fourth-order valence-electron chi connectivity index (χ4n) is 8.60. The van der Waals surface area contributed by atoms with Crippen molar-refractivity contribution in [1.82, 2.24) is 41.5 Å². The Bertz CT molecular complexity index is 2810. The molecule has 0 aliphatic carbocycles. The van der Waals surface area contributed by atoms with E-state index in [1.165, 1.54) is 11.3 Å². The number of primary amides is 1. The number of para-hydroxylation sites is 2. The van der Waals surface area contributed by atoms with Gasteiger partial charge in [-0.3, -0.25) is 24.0 Å². The first-order valence-corrected chi connectivity index (χ1v) is 23.3. The predicted octanol–water partition coefficient (Wildman–Crippen LogP) is 6.01. The van der Waals surface area contributed by atoms with Gasteiger partial charge in [-0.2, -0.15) is 0 Å². The average Bonchev–Trinajstić information content (AvgIpc) is 4.16. The Kier molecular flexibility index (Phi) is 14.3. The van der Waals surface area contributed by atoms with Gasteiger partial charge >= 0.3 is 0 Å². The van der Waals surface area contributed by atoms with Gasteiger partial charge in [0, 0.05) is 53.5 Å². The lowest BCUT2D eigenvalue weighted by Gasteiger charge is -2.26. The van der Waals surface area contributed by atoms with E-state index in [4.69, 9.17) is 10.7 Å². The van der Waals surface area contributed by atoms with E-state index in [9.17, 15) is 24.0 Å². The topological polar surface area (TPSA) is 216 Å². The third-order valence-electron chi connectivity index (χ3n) is 12.0. The van der Waals surface area contributed by atoms with Gasteiger partial charge < -0.3 is 42.3 Å². The standard InChI is InChI=1S/C51H55N9O5S/c1-30(2)24-41(48(63)56-40(46(52)61)25-31-14-5-3-6-15-31)57-49(64)42(26-33-28-54-37-20-11-9-18-35(33)37)58-50(65)44-45(32-16-7-4-8-17-32)66-51(60-44)43(59-47(62)39-22-13-23-53-39)27-34-29-55-38-21-12-10-19-36(34)38/h3-12,14-21,28-30,39-43,53-55H,13,22-27H2,1-2H3,(H2,52,61)(H,56,63)(H,57,64)(H,58,65)(H,59,62). The fourth-order valence-corrected chi connectivity index (χ4v) is 9.72. The summed E-state index contributed by atoms with van der Waals surface area (Å²) >= 11 is 1.32. The maximum atomic E-state index is 14.9. The van der Waals surface area contributed by atoms with Crippen molar-refractivity contribution in [2.75, 3.05) is 6.54 Å². The van der Waals surface area contributed by atoms with E-state index in [2.05, 4.69) is 36.6 Å². The van der Waals surface area contributed by atoms with E-state index in [1.807, 2.05) is 135 Å². The number of carbonyl (C=O) groups is 5. The zero-order valence-electron chi connectivity index (χ0n) is 36.9. The molecule has 1 saturated heterocycles. The van der Waals surface area contributed by atoms with Crippen molar-refractivity contribution in [3.63, 3.8) is 0 Å². The van der Waals surface area contributed by atoms with Crippen LogP contribution in [0.2, 0.25) is 0 Å². The van der Waals surface area contributed by atoms with E-state index in [1.54, 1.807) is 0 Å². The van der Waals surface area contributed by atoms with E-state index >= 15 is 0 Å². The fraction of sp³-hybridized carbons (Fsp3) is 0.294. The summed E-state index contributed by atoms with van der Waals surface area (Å²) in [6.45, 7) is 4.61. The number of nitrogens with one attached hydrogen (secondary N) is 7. The Balaban J connectivity index is 1.12. The summed E-state index contributed by atoms with van der Waals surface area (Å²) in [4.78, 5) is 82.2. The Morgan fingerprint density at radius 2 is 1.29 bits per heavy atom. The number of fused-ring (bicyclic) bond motifs is 2. The molecule has 3 aromatic heterocycles. The minimum Gasteiger partial charge on any atom is -0.368 e. The van der Waals surface area contributed by atoms with Crippen LogP contribution in [0.4, 0.5) is 0 Å². The van der Waals surface area contributed by atoms with Gasteiger partial charge in [-0.25, -0.2) is 4.98 Å². The van der Waals surface area contributed by atoms with Gasteiger partial charge in [0.05, 0.1) is 17.0 Å². The van der Waals surface area contributed by atoms with Crippen LogP contribution in [0.3, 0.4) is 0 Å². The summed E-state index contributed by atoms with van der Waals surface area (Å²) in [7, 11) is 0. The van der Waals surface area contributed by atoms with Crippen LogP contribution < -0.4 is 32.3 Å². The third-order valence-corrected chi connectivity index (χ3v) is 13.2. The number of nitrogens with zero attached hydrogens (tertiary/aromatic N) is 1. The molecule has 14 nitrogen and oxygen atoms in total. The molecule has 4 heterocycles. The molecule has 15 heteroatoms. The van der Waals surface area contributed by atoms with Crippen LogP contribution in [0, 0.1) is 5.92 Å². The molecule has 1 aliphatic rings. The summed E-state index contributed by atoms with van der Waals surface area (Å²) in [5, 5.41) is 17.7. The molecule has 5 atom stereocenters. The minimum absolute atomic E-state index is 0.0344. The molecule has 1 fully saturated rings. The van der Waals surface area contributed by atoms with Gasteiger partial charge in [-0.05, 0) is 66.1 Å². The maximum Gasteiger partial charge on any atom is 0.272 e. The van der Waals surface area contributed by atoms with Gasteiger partial charge in [0.2, 0.25) is 23.6 Å². The SMILES string of the molecule is CC(C)CC(NC(=O)C(Cc1c[nH]c2ccccc12)NC(=O)c1nc(C(Cc2c[nH]c3ccccc23)NC(=O)C2CCCN2)sc1-c1ccccc1)C(=O)NC(Cc1ccccc1)C(N)=O. The molecule has 7 aromatic rings. The highest BCUT2D eigenvalue weighted by Crippen LogP contribution is 2.35. The number of thiazole rings is 1. The summed E-state index contributed by atoms with van der Waals surface area (Å²) in [6.07, 6.45) is 6.25. The van der Waals surface area contributed by atoms with Crippen LogP contribution in [0.5, 0.6) is 0 Å². The molecule has 340 valence electrons. The average molecular weight is 906 g/mol. The first-order valence-electron chi connectivity index (χ1n) is 22.5. The number of carbonyl (C=O) groups excluding carboxylic acids is 5. The minimum atomic E-state index is -1.18. The van der Waals surface area contributed by atoms with Crippen LogP contribution in [-0.2, 0) is 38.4 Å². The van der Waals surface area contributed by atoms with E-state index in [0.717, 1.165) is 57.0 Å². The number of aromatic amines is 2. The molecule has 4 aromatic carbocycles. The van der Waals surface area contributed by atoms with E-state index < -0.39 is 47.8 Å². The summed E-state index contributed by atoms with van der Waals surface area (Å²) < 4.78 is 0. The molecule has 0 bridgehead atoms. The molecule has 0 saturated carbocycles.